The Bertz CT molecular complexity index is 1920. The molecule has 0 aliphatic rings. The highest BCUT2D eigenvalue weighted by molar-refractivity contribution is 7.45. The number of rotatable bonds is 71. The lowest BCUT2D eigenvalue weighted by Gasteiger charge is -2.28. The number of phosphoric ester groups is 1. The van der Waals surface area contributed by atoms with Crippen LogP contribution in [0.3, 0.4) is 0 Å². The molecule has 0 radical (unpaired) electrons. The number of hydrogen-bond acceptors (Lipinski definition) is 8. The van der Waals surface area contributed by atoms with Crippen LogP contribution in [-0.2, 0) is 32.7 Å². The van der Waals surface area contributed by atoms with Gasteiger partial charge in [-0.25, -0.2) is 0 Å². The zero-order valence-corrected chi connectivity index (χ0v) is 61.6. The van der Waals surface area contributed by atoms with Crippen LogP contribution < -0.4 is 4.89 Å². The van der Waals surface area contributed by atoms with Gasteiger partial charge in [0.05, 0.1) is 27.7 Å². The summed E-state index contributed by atoms with van der Waals surface area (Å²) in [6.07, 6.45) is 102. The summed E-state index contributed by atoms with van der Waals surface area (Å²) in [6, 6.07) is 0. The average molecular weight is 1310 g/mol. The van der Waals surface area contributed by atoms with E-state index in [1.165, 1.54) is 225 Å². The SMILES string of the molecule is CC/C=C\C/C=C\C/C=C\C/C=C\C/C=C\C/C=C\CCCCCCCCCCCCCCCCCCC(=O)OC(COC(=O)CCCCCCCCCCCCCCCCCCCC/C=C\C/C=C\C/C=C\CCCCCCC)COP(=O)([O-])OCC[N+](C)(C)C. The van der Waals surface area contributed by atoms with Crippen LogP contribution in [0.15, 0.2) is 109 Å². The van der Waals surface area contributed by atoms with E-state index >= 15 is 0 Å². The summed E-state index contributed by atoms with van der Waals surface area (Å²) in [4.78, 5) is 38.2. The lowest BCUT2D eigenvalue weighted by molar-refractivity contribution is -0.870. The molecule has 0 saturated carbocycles. The molecule has 0 N–H and O–H groups in total. The van der Waals surface area contributed by atoms with Crippen molar-refractivity contribution in [2.75, 3.05) is 47.5 Å². The number of allylic oxidation sites excluding steroid dienone is 18. The highest BCUT2D eigenvalue weighted by Gasteiger charge is 2.22. The van der Waals surface area contributed by atoms with Crippen LogP contribution in [0.2, 0.25) is 0 Å². The summed E-state index contributed by atoms with van der Waals surface area (Å²) in [6.45, 7) is 4.15. The molecule has 10 heteroatoms. The second-order valence-electron chi connectivity index (χ2n) is 27.0. The van der Waals surface area contributed by atoms with Gasteiger partial charge in [-0.15, -0.1) is 0 Å². The van der Waals surface area contributed by atoms with Crippen LogP contribution in [0.25, 0.3) is 0 Å². The van der Waals surface area contributed by atoms with Crippen molar-refractivity contribution in [1.82, 2.24) is 0 Å². The van der Waals surface area contributed by atoms with E-state index in [-0.39, 0.29) is 32.0 Å². The van der Waals surface area contributed by atoms with Gasteiger partial charge in [-0.2, -0.15) is 0 Å². The third-order valence-electron chi connectivity index (χ3n) is 16.8. The molecule has 0 aromatic rings. The molecule has 0 heterocycles. The van der Waals surface area contributed by atoms with Gasteiger partial charge in [0.1, 0.15) is 19.8 Å². The number of esters is 2. The summed E-state index contributed by atoms with van der Waals surface area (Å²) in [5.74, 6) is -0.822. The van der Waals surface area contributed by atoms with E-state index in [0.29, 0.717) is 17.4 Å². The van der Waals surface area contributed by atoms with Crippen molar-refractivity contribution in [2.24, 2.45) is 0 Å². The quantitative estimate of drug-likeness (QED) is 0.0195. The van der Waals surface area contributed by atoms with Crippen molar-refractivity contribution in [1.29, 1.82) is 0 Å². The van der Waals surface area contributed by atoms with Crippen LogP contribution in [-0.4, -0.2) is 70.0 Å². The van der Waals surface area contributed by atoms with Crippen molar-refractivity contribution < 1.29 is 42.1 Å². The fourth-order valence-corrected chi connectivity index (χ4v) is 11.6. The van der Waals surface area contributed by atoms with E-state index in [4.69, 9.17) is 18.5 Å². The second-order valence-corrected chi connectivity index (χ2v) is 28.4. The number of quaternary nitrogens is 1. The lowest BCUT2D eigenvalue weighted by Crippen LogP contribution is -2.37. The van der Waals surface area contributed by atoms with Gasteiger partial charge >= 0.3 is 11.9 Å². The number of ether oxygens (including phenoxy) is 2. The van der Waals surface area contributed by atoms with Crippen molar-refractivity contribution in [3.8, 4) is 0 Å². The minimum absolute atomic E-state index is 0.0326. The molecule has 0 amide bonds. The molecule has 2 unspecified atom stereocenters. The first-order chi connectivity index (χ1) is 45.0. The largest absolute Gasteiger partial charge is 0.756 e. The summed E-state index contributed by atoms with van der Waals surface area (Å²) in [5.41, 5.74) is 0. The topological polar surface area (TPSA) is 111 Å². The summed E-state index contributed by atoms with van der Waals surface area (Å²) >= 11 is 0. The van der Waals surface area contributed by atoms with Crippen LogP contribution in [0, 0.1) is 0 Å². The molecule has 0 bridgehead atoms. The Labute approximate surface area is 569 Å². The van der Waals surface area contributed by atoms with Gasteiger partial charge in [0, 0.05) is 12.8 Å². The minimum atomic E-state index is -4.65. The molecule has 0 aromatic heterocycles. The van der Waals surface area contributed by atoms with Crippen LogP contribution in [0.5, 0.6) is 0 Å². The Morgan fingerprint density at radius 1 is 0.348 bits per heavy atom. The smallest absolute Gasteiger partial charge is 0.306 e. The maximum Gasteiger partial charge on any atom is 0.306 e. The molecule has 92 heavy (non-hydrogen) atoms. The predicted octanol–water partition coefficient (Wildman–Crippen LogP) is 25.0. The van der Waals surface area contributed by atoms with Crippen molar-refractivity contribution in [2.45, 2.75) is 354 Å². The van der Waals surface area contributed by atoms with Gasteiger partial charge in [0.25, 0.3) is 7.82 Å². The predicted molar refractivity (Wildman–Crippen MR) is 397 cm³/mol. The number of likely N-dealkylation sites (N-methyl/N-ethyl adjacent to an activating group) is 1. The van der Waals surface area contributed by atoms with Gasteiger partial charge in [-0.3, -0.25) is 14.2 Å². The minimum Gasteiger partial charge on any atom is -0.756 e. The number of carbonyl (C=O) groups is 2. The van der Waals surface area contributed by atoms with Crippen molar-refractivity contribution >= 4 is 19.8 Å². The van der Waals surface area contributed by atoms with Crippen molar-refractivity contribution in [3.63, 3.8) is 0 Å². The van der Waals surface area contributed by atoms with Gasteiger partial charge < -0.3 is 27.9 Å². The highest BCUT2D eigenvalue weighted by Crippen LogP contribution is 2.38. The second kappa shape index (κ2) is 72.0. The molecular formula is C82H146NO8P. The molecule has 532 valence electrons. The van der Waals surface area contributed by atoms with Gasteiger partial charge in [-0.05, 0) is 103 Å². The first-order valence-corrected chi connectivity index (χ1v) is 40.1. The third kappa shape index (κ3) is 75.7. The number of hydrogen-bond donors (Lipinski definition) is 0. The van der Waals surface area contributed by atoms with E-state index in [9.17, 15) is 19.0 Å². The molecular weight excluding hydrogens is 1160 g/mol. The zero-order chi connectivity index (χ0) is 66.9. The van der Waals surface area contributed by atoms with Crippen LogP contribution >= 0.6 is 7.82 Å². The van der Waals surface area contributed by atoms with E-state index < -0.39 is 26.5 Å². The third-order valence-corrected chi connectivity index (χ3v) is 17.7. The first kappa shape index (κ1) is 88.7. The molecule has 9 nitrogen and oxygen atoms in total. The zero-order valence-electron chi connectivity index (χ0n) is 60.7. The number of nitrogens with zero attached hydrogens (tertiary/aromatic N) is 1. The molecule has 0 spiro atoms. The fraction of sp³-hybridized carbons (Fsp3) is 0.756. The van der Waals surface area contributed by atoms with Crippen LogP contribution in [0.4, 0.5) is 0 Å². The van der Waals surface area contributed by atoms with Gasteiger partial charge in [0.15, 0.2) is 6.10 Å². The number of phosphoric acid groups is 1. The fourth-order valence-electron chi connectivity index (χ4n) is 10.9. The highest BCUT2D eigenvalue weighted by atomic mass is 31.2. The average Bonchev–Trinajstić information content (AvgIpc) is 2.14. The van der Waals surface area contributed by atoms with E-state index in [0.717, 1.165) is 89.9 Å². The Morgan fingerprint density at radius 2 is 0.620 bits per heavy atom. The first-order valence-electron chi connectivity index (χ1n) is 38.6. The molecule has 0 saturated heterocycles. The maximum absolute atomic E-state index is 12.9. The molecule has 0 fully saturated rings. The van der Waals surface area contributed by atoms with E-state index in [2.05, 4.69) is 123 Å². The lowest BCUT2D eigenvalue weighted by atomic mass is 10.0. The van der Waals surface area contributed by atoms with E-state index in [1.54, 1.807) is 0 Å². The summed E-state index contributed by atoms with van der Waals surface area (Å²) < 4.78 is 34.4. The normalized spacial score (nSPS) is 13.7. The standard InChI is InChI=1S/C82H146NO8P/c1-6-8-10-12-14-16-18-20-22-24-26-28-30-32-34-36-38-40-41-43-45-47-49-51-53-55-57-59-61-63-65-67-69-71-73-75-82(85)91-80(79-90-92(86,87)89-77-76-83(3,4)5)78-88-81(84)74-72-70-68-66-64-62-60-58-56-54-52-50-48-46-44-42-39-37-35-33-31-29-27-25-23-21-19-17-15-13-11-9-7-2/h8,10,14,16,19-22,25-28,31-34,38,40,80H,6-7,9,11-13,15,17-18,23-24,29-30,35-37,39,41-79H2,1-5H3/b10-8-,16-14-,21-19-,22-20-,27-25-,28-26-,33-31-,34-32-,40-38-. The molecule has 0 rings (SSSR count). The van der Waals surface area contributed by atoms with Gasteiger partial charge in [-0.1, -0.05) is 342 Å². The molecule has 0 aliphatic heterocycles. The number of carbonyl (C=O) groups excluding carboxylic acids is 2. The molecule has 0 aromatic carbocycles. The summed E-state index contributed by atoms with van der Waals surface area (Å²) in [5, 5.41) is 0. The summed E-state index contributed by atoms with van der Waals surface area (Å²) in [7, 11) is 1.17. The molecule has 0 aliphatic carbocycles. The monoisotopic (exact) mass is 1300 g/mol. The maximum atomic E-state index is 12.9. The number of unbranched alkanes of at least 4 members (excludes halogenated alkanes) is 39. The van der Waals surface area contributed by atoms with Gasteiger partial charge in [0.2, 0.25) is 0 Å². The Hall–Kier alpha value is -3.33. The van der Waals surface area contributed by atoms with E-state index in [1.807, 2.05) is 21.1 Å². The van der Waals surface area contributed by atoms with Crippen molar-refractivity contribution in [3.05, 3.63) is 109 Å². The van der Waals surface area contributed by atoms with Crippen LogP contribution in [0.1, 0.15) is 348 Å². The Balaban J connectivity index is 3.99. The Morgan fingerprint density at radius 3 is 0.924 bits per heavy atom. The Kier molecular flexibility index (Phi) is 69.3. The molecule has 2 atom stereocenters.